The number of hydrogen-bond acceptors (Lipinski definition) is 4. The third-order valence-electron chi connectivity index (χ3n) is 1.50. The van der Waals surface area contributed by atoms with E-state index in [0.29, 0.717) is 6.54 Å². The lowest BCUT2D eigenvalue weighted by atomic mass is 10.1. The van der Waals surface area contributed by atoms with Crippen molar-refractivity contribution in [2.75, 3.05) is 6.54 Å². The van der Waals surface area contributed by atoms with Crippen LogP contribution in [-0.2, 0) is 9.63 Å². The maximum atomic E-state index is 11.1. The van der Waals surface area contributed by atoms with E-state index in [4.69, 9.17) is 10.6 Å². The van der Waals surface area contributed by atoms with Crippen LogP contribution in [0.15, 0.2) is 12.7 Å². The molecule has 0 aromatic carbocycles. The van der Waals surface area contributed by atoms with E-state index in [2.05, 4.69) is 17.4 Å². The predicted octanol–water partition coefficient (Wildman–Crippen LogP) is 0.283. The summed E-state index contributed by atoms with van der Waals surface area (Å²) in [5.41, 5.74) is 7.17. The average Bonchev–Trinajstić information content (AvgIpc) is 2.00. The van der Waals surface area contributed by atoms with Crippen LogP contribution < -0.4 is 16.5 Å². The first kappa shape index (κ1) is 14.1. The van der Waals surface area contributed by atoms with Gasteiger partial charge < -0.3 is 11.1 Å². The van der Waals surface area contributed by atoms with Crippen LogP contribution in [0, 0.1) is 0 Å². The van der Waals surface area contributed by atoms with Crippen molar-refractivity contribution in [1.82, 2.24) is 10.8 Å². The van der Waals surface area contributed by atoms with Gasteiger partial charge in [0, 0.05) is 12.1 Å². The number of carbonyl (C=O) groups excluding carboxylic acids is 1. The van der Waals surface area contributed by atoms with Crippen LogP contribution in [0.3, 0.4) is 0 Å². The molecule has 88 valence electrons. The molecule has 0 unspecified atom stereocenters. The summed E-state index contributed by atoms with van der Waals surface area (Å²) in [7, 11) is 0. The molecule has 0 rings (SSSR count). The average molecular weight is 215 g/mol. The lowest BCUT2D eigenvalue weighted by molar-refractivity contribution is -0.119. The predicted molar refractivity (Wildman–Crippen MR) is 59.8 cm³/mol. The largest absolute Gasteiger partial charge is 0.346 e. The van der Waals surface area contributed by atoms with E-state index in [-0.39, 0.29) is 5.91 Å². The molecular formula is C10H21N3O2. The van der Waals surface area contributed by atoms with Crippen LogP contribution in [-0.4, -0.2) is 23.7 Å². The molecule has 1 amide bonds. The Hall–Kier alpha value is -0.910. The fourth-order valence-corrected chi connectivity index (χ4v) is 0.831. The number of hydroxylamine groups is 1. The van der Waals surface area contributed by atoms with Crippen molar-refractivity contribution in [2.24, 2.45) is 5.73 Å². The van der Waals surface area contributed by atoms with Gasteiger partial charge in [0.1, 0.15) is 5.72 Å². The molecular weight excluding hydrogens is 194 g/mol. The molecule has 0 fully saturated rings. The molecule has 15 heavy (non-hydrogen) atoms. The smallest absolute Gasteiger partial charge is 0.243 e. The van der Waals surface area contributed by atoms with Crippen LogP contribution in [0.4, 0.5) is 0 Å². The highest BCUT2D eigenvalue weighted by Gasteiger charge is 2.20. The Bertz CT molecular complexity index is 231. The molecule has 0 aliphatic rings. The first-order valence-corrected chi connectivity index (χ1v) is 4.81. The van der Waals surface area contributed by atoms with Gasteiger partial charge in [-0.3, -0.25) is 9.63 Å². The van der Waals surface area contributed by atoms with Gasteiger partial charge in [-0.05, 0) is 33.8 Å². The summed E-state index contributed by atoms with van der Waals surface area (Å²) in [5, 5.41) is 2.75. The van der Waals surface area contributed by atoms with Gasteiger partial charge >= 0.3 is 0 Å². The number of carbonyl (C=O) groups is 1. The number of rotatable bonds is 6. The second kappa shape index (κ2) is 5.25. The third kappa shape index (κ3) is 8.11. The zero-order valence-electron chi connectivity index (χ0n) is 9.89. The third-order valence-corrected chi connectivity index (χ3v) is 1.50. The van der Waals surface area contributed by atoms with Crippen molar-refractivity contribution in [1.29, 1.82) is 0 Å². The molecule has 0 radical (unpaired) electrons. The number of nitrogens with one attached hydrogen (secondary N) is 2. The van der Waals surface area contributed by atoms with Gasteiger partial charge in [-0.2, -0.15) is 5.48 Å². The summed E-state index contributed by atoms with van der Waals surface area (Å²) < 4.78 is 0. The Morgan fingerprint density at radius 1 is 1.47 bits per heavy atom. The van der Waals surface area contributed by atoms with E-state index in [1.165, 1.54) is 6.08 Å². The highest BCUT2D eigenvalue weighted by molar-refractivity contribution is 5.87. The number of hydrogen-bond donors (Lipinski definition) is 3. The van der Waals surface area contributed by atoms with E-state index >= 15 is 0 Å². The number of amides is 1. The van der Waals surface area contributed by atoms with Gasteiger partial charge in [0.15, 0.2) is 0 Å². The molecule has 5 nitrogen and oxygen atoms in total. The van der Waals surface area contributed by atoms with Crippen LogP contribution in [0.1, 0.15) is 27.7 Å². The molecule has 0 aromatic heterocycles. The molecule has 0 heterocycles. The standard InChI is InChI=1S/C10H21N3O2/c1-6-8(14)13-9(2,3)7-12-15-10(4,5)11/h6,12H,1,7,11H2,2-5H3,(H,13,14). The van der Waals surface area contributed by atoms with Crippen molar-refractivity contribution in [3.63, 3.8) is 0 Å². The fourth-order valence-electron chi connectivity index (χ4n) is 0.831. The zero-order valence-corrected chi connectivity index (χ0v) is 9.89. The summed E-state index contributed by atoms with van der Waals surface area (Å²) in [6.07, 6.45) is 1.23. The van der Waals surface area contributed by atoms with Gasteiger partial charge in [-0.25, -0.2) is 0 Å². The quantitative estimate of drug-likeness (QED) is 0.338. The SMILES string of the molecule is C=CC(=O)NC(C)(C)CNOC(C)(C)N. The van der Waals surface area contributed by atoms with Crippen molar-refractivity contribution >= 4 is 5.91 Å². The van der Waals surface area contributed by atoms with Crippen LogP contribution >= 0.6 is 0 Å². The summed E-state index contributed by atoms with van der Waals surface area (Å²) in [4.78, 5) is 16.2. The van der Waals surface area contributed by atoms with Crippen LogP contribution in [0.25, 0.3) is 0 Å². The number of nitrogens with two attached hydrogens (primary N) is 1. The van der Waals surface area contributed by atoms with E-state index in [1.807, 2.05) is 13.8 Å². The van der Waals surface area contributed by atoms with Gasteiger partial charge in [-0.1, -0.05) is 6.58 Å². The van der Waals surface area contributed by atoms with E-state index in [1.54, 1.807) is 13.8 Å². The Kier molecular flexibility index (Phi) is 4.93. The molecule has 0 atom stereocenters. The van der Waals surface area contributed by atoms with E-state index in [0.717, 1.165) is 0 Å². The maximum Gasteiger partial charge on any atom is 0.243 e. The van der Waals surface area contributed by atoms with Gasteiger partial charge in [0.25, 0.3) is 0 Å². The Morgan fingerprint density at radius 2 is 2.00 bits per heavy atom. The topological polar surface area (TPSA) is 76.4 Å². The van der Waals surface area contributed by atoms with Crippen molar-refractivity contribution in [3.05, 3.63) is 12.7 Å². The second-order valence-electron chi connectivity index (χ2n) is 4.60. The summed E-state index contributed by atoms with van der Waals surface area (Å²) in [5.74, 6) is -0.214. The molecule has 0 bridgehead atoms. The molecule has 0 aromatic rings. The Labute approximate surface area is 91.0 Å². The van der Waals surface area contributed by atoms with Crippen molar-refractivity contribution < 1.29 is 9.63 Å². The van der Waals surface area contributed by atoms with Crippen molar-refractivity contribution in [3.8, 4) is 0 Å². The monoisotopic (exact) mass is 215 g/mol. The molecule has 0 aliphatic heterocycles. The van der Waals surface area contributed by atoms with Crippen LogP contribution in [0.2, 0.25) is 0 Å². The summed E-state index contributed by atoms with van der Waals surface area (Å²) in [6.45, 7) is 11.0. The zero-order chi connectivity index (χ0) is 12.1. The minimum Gasteiger partial charge on any atom is -0.346 e. The Balaban J connectivity index is 3.94. The molecule has 0 saturated heterocycles. The normalized spacial score (nSPS) is 12.3. The summed E-state index contributed by atoms with van der Waals surface area (Å²) >= 11 is 0. The van der Waals surface area contributed by atoms with Crippen LogP contribution in [0.5, 0.6) is 0 Å². The first-order valence-electron chi connectivity index (χ1n) is 4.81. The van der Waals surface area contributed by atoms with Gasteiger partial charge in [0.2, 0.25) is 5.91 Å². The minimum atomic E-state index is -0.738. The Morgan fingerprint density at radius 3 is 2.40 bits per heavy atom. The fraction of sp³-hybridized carbons (Fsp3) is 0.700. The van der Waals surface area contributed by atoms with Gasteiger partial charge in [0.05, 0.1) is 0 Å². The summed E-state index contributed by atoms with van der Waals surface area (Å²) in [6, 6.07) is 0. The van der Waals surface area contributed by atoms with E-state index < -0.39 is 11.3 Å². The highest BCUT2D eigenvalue weighted by Crippen LogP contribution is 2.02. The first-order chi connectivity index (χ1) is 6.66. The van der Waals surface area contributed by atoms with Gasteiger partial charge in [-0.15, -0.1) is 0 Å². The second-order valence-corrected chi connectivity index (χ2v) is 4.60. The molecule has 0 aliphatic carbocycles. The minimum absolute atomic E-state index is 0.214. The lowest BCUT2D eigenvalue weighted by Gasteiger charge is -2.28. The van der Waals surface area contributed by atoms with E-state index in [9.17, 15) is 4.79 Å². The highest BCUT2D eigenvalue weighted by atomic mass is 16.7. The molecule has 5 heteroatoms. The lowest BCUT2D eigenvalue weighted by Crippen LogP contribution is -2.52. The molecule has 0 spiro atoms. The van der Waals surface area contributed by atoms with Crippen molar-refractivity contribution in [2.45, 2.75) is 39.0 Å². The molecule has 4 N–H and O–H groups in total. The maximum absolute atomic E-state index is 11.1. The molecule has 0 saturated carbocycles.